The van der Waals surface area contributed by atoms with Crippen LogP contribution >= 0.6 is 0 Å². The van der Waals surface area contributed by atoms with Crippen LogP contribution in [-0.4, -0.2) is 19.1 Å². The molecule has 1 N–H and O–H groups in total. The standard InChI is InChI=1S/C13H19NO3/c1-2-16-13(15)6-8-14-11-4-3-5-12-10(11)7-9-17-12/h7,9,11,14H,2-6,8H2,1H3. The predicted octanol–water partition coefficient (Wildman–Crippen LogP) is 2.20. The van der Waals surface area contributed by atoms with Gasteiger partial charge in [0.1, 0.15) is 5.76 Å². The molecule has 1 aromatic rings. The fraction of sp³-hybridized carbons (Fsp3) is 0.615. The number of fused-ring (bicyclic) bond motifs is 1. The first-order valence-corrected chi connectivity index (χ1v) is 6.26. The van der Waals surface area contributed by atoms with Gasteiger partial charge in [0.25, 0.3) is 0 Å². The van der Waals surface area contributed by atoms with Gasteiger partial charge in [-0.05, 0) is 25.8 Å². The van der Waals surface area contributed by atoms with Crippen molar-refractivity contribution in [2.75, 3.05) is 13.2 Å². The number of ether oxygens (including phenoxy) is 1. The number of aryl methyl sites for hydroxylation is 1. The van der Waals surface area contributed by atoms with Crippen LogP contribution in [0.15, 0.2) is 16.7 Å². The van der Waals surface area contributed by atoms with Gasteiger partial charge in [0, 0.05) is 24.6 Å². The van der Waals surface area contributed by atoms with Crippen molar-refractivity contribution in [1.82, 2.24) is 5.32 Å². The normalized spacial score (nSPS) is 18.8. The Labute approximate surface area is 101 Å². The molecule has 1 aliphatic rings. The Morgan fingerprint density at radius 2 is 2.53 bits per heavy atom. The van der Waals surface area contributed by atoms with Crippen LogP contribution in [0.2, 0.25) is 0 Å². The van der Waals surface area contributed by atoms with Crippen molar-refractivity contribution >= 4 is 5.97 Å². The van der Waals surface area contributed by atoms with Crippen LogP contribution in [0.4, 0.5) is 0 Å². The molecule has 94 valence electrons. The third-order valence-electron chi connectivity index (χ3n) is 3.08. The summed E-state index contributed by atoms with van der Waals surface area (Å²) in [7, 11) is 0. The molecular formula is C13H19NO3. The Morgan fingerprint density at radius 1 is 1.65 bits per heavy atom. The second-order valence-electron chi connectivity index (χ2n) is 4.25. The second kappa shape index (κ2) is 5.87. The van der Waals surface area contributed by atoms with Gasteiger partial charge in [-0.2, -0.15) is 0 Å². The van der Waals surface area contributed by atoms with E-state index in [1.807, 2.05) is 13.0 Å². The Kier molecular flexibility index (Phi) is 4.20. The first kappa shape index (κ1) is 12.2. The Bertz CT molecular complexity index is 372. The topological polar surface area (TPSA) is 51.5 Å². The van der Waals surface area contributed by atoms with Crippen LogP contribution in [0.25, 0.3) is 0 Å². The fourth-order valence-corrected chi connectivity index (χ4v) is 2.28. The molecule has 0 radical (unpaired) electrons. The Hall–Kier alpha value is -1.29. The molecule has 1 atom stereocenters. The van der Waals surface area contributed by atoms with Gasteiger partial charge in [0.05, 0.1) is 19.3 Å². The molecule has 1 unspecified atom stereocenters. The first-order chi connectivity index (χ1) is 8.31. The SMILES string of the molecule is CCOC(=O)CCNC1CCCc2occc21. The largest absolute Gasteiger partial charge is 0.469 e. The van der Waals surface area contributed by atoms with E-state index in [2.05, 4.69) is 5.32 Å². The number of esters is 1. The Morgan fingerprint density at radius 3 is 3.35 bits per heavy atom. The van der Waals surface area contributed by atoms with Gasteiger partial charge in [0.2, 0.25) is 0 Å². The van der Waals surface area contributed by atoms with Gasteiger partial charge in [-0.3, -0.25) is 4.79 Å². The van der Waals surface area contributed by atoms with Crippen LogP contribution in [0, 0.1) is 0 Å². The zero-order valence-electron chi connectivity index (χ0n) is 10.2. The number of rotatable bonds is 5. The number of nitrogens with one attached hydrogen (secondary N) is 1. The summed E-state index contributed by atoms with van der Waals surface area (Å²) >= 11 is 0. The number of hydrogen-bond donors (Lipinski definition) is 1. The molecule has 0 saturated carbocycles. The zero-order chi connectivity index (χ0) is 12.1. The highest BCUT2D eigenvalue weighted by atomic mass is 16.5. The smallest absolute Gasteiger partial charge is 0.307 e. The van der Waals surface area contributed by atoms with E-state index in [9.17, 15) is 4.79 Å². The van der Waals surface area contributed by atoms with Crippen molar-refractivity contribution in [2.45, 2.75) is 38.6 Å². The zero-order valence-corrected chi connectivity index (χ0v) is 10.2. The summed E-state index contributed by atoms with van der Waals surface area (Å²) in [6, 6.07) is 2.35. The summed E-state index contributed by atoms with van der Waals surface area (Å²) < 4.78 is 10.3. The van der Waals surface area contributed by atoms with E-state index in [-0.39, 0.29) is 5.97 Å². The van der Waals surface area contributed by atoms with E-state index in [1.165, 1.54) is 5.56 Å². The molecule has 2 rings (SSSR count). The second-order valence-corrected chi connectivity index (χ2v) is 4.25. The quantitative estimate of drug-likeness (QED) is 0.798. The predicted molar refractivity (Wildman–Crippen MR) is 63.6 cm³/mol. The van der Waals surface area contributed by atoms with E-state index in [4.69, 9.17) is 9.15 Å². The molecule has 0 fully saturated rings. The molecule has 1 aliphatic carbocycles. The third kappa shape index (κ3) is 3.09. The van der Waals surface area contributed by atoms with Crippen molar-refractivity contribution in [3.8, 4) is 0 Å². The average molecular weight is 237 g/mol. The van der Waals surface area contributed by atoms with E-state index in [0.717, 1.165) is 25.0 Å². The lowest BCUT2D eigenvalue weighted by molar-refractivity contribution is -0.143. The Balaban J connectivity index is 1.79. The first-order valence-electron chi connectivity index (χ1n) is 6.26. The van der Waals surface area contributed by atoms with Gasteiger partial charge in [-0.1, -0.05) is 0 Å². The number of carbonyl (C=O) groups is 1. The fourth-order valence-electron chi connectivity index (χ4n) is 2.28. The molecule has 0 saturated heterocycles. The lowest BCUT2D eigenvalue weighted by Crippen LogP contribution is -2.27. The van der Waals surface area contributed by atoms with Gasteiger partial charge in [-0.25, -0.2) is 0 Å². The highest BCUT2D eigenvalue weighted by molar-refractivity contribution is 5.69. The maximum absolute atomic E-state index is 11.2. The molecule has 17 heavy (non-hydrogen) atoms. The van der Waals surface area contributed by atoms with E-state index >= 15 is 0 Å². The number of carbonyl (C=O) groups excluding carboxylic acids is 1. The molecule has 1 heterocycles. The molecule has 4 nitrogen and oxygen atoms in total. The van der Waals surface area contributed by atoms with Crippen LogP contribution in [-0.2, 0) is 16.0 Å². The molecular weight excluding hydrogens is 218 g/mol. The highest BCUT2D eigenvalue weighted by Gasteiger charge is 2.21. The molecule has 0 spiro atoms. The minimum absolute atomic E-state index is 0.136. The van der Waals surface area contributed by atoms with Gasteiger partial charge < -0.3 is 14.5 Å². The minimum atomic E-state index is -0.136. The monoisotopic (exact) mass is 237 g/mol. The molecule has 1 aromatic heterocycles. The summed E-state index contributed by atoms with van der Waals surface area (Å²) in [5.41, 5.74) is 1.25. The summed E-state index contributed by atoms with van der Waals surface area (Å²) in [6.07, 6.45) is 5.44. The lowest BCUT2D eigenvalue weighted by Gasteiger charge is -2.22. The van der Waals surface area contributed by atoms with Crippen LogP contribution in [0.3, 0.4) is 0 Å². The summed E-state index contributed by atoms with van der Waals surface area (Å²) in [5.74, 6) is 0.952. The maximum atomic E-state index is 11.2. The van der Waals surface area contributed by atoms with Crippen LogP contribution in [0.1, 0.15) is 43.6 Å². The molecule has 0 aromatic carbocycles. The lowest BCUT2D eigenvalue weighted by atomic mass is 9.93. The van der Waals surface area contributed by atoms with Gasteiger partial charge in [0.15, 0.2) is 0 Å². The van der Waals surface area contributed by atoms with Gasteiger partial charge in [-0.15, -0.1) is 0 Å². The number of furan rings is 1. The number of hydrogen-bond acceptors (Lipinski definition) is 4. The maximum Gasteiger partial charge on any atom is 0.307 e. The average Bonchev–Trinajstić information content (AvgIpc) is 2.78. The van der Waals surface area contributed by atoms with Crippen molar-refractivity contribution in [1.29, 1.82) is 0 Å². The van der Waals surface area contributed by atoms with Crippen molar-refractivity contribution in [2.24, 2.45) is 0 Å². The summed E-state index contributed by atoms with van der Waals surface area (Å²) in [4.78, 5) is 11.2. The summed E-state index contributed by atoms with van der Waals surface area (Å²) in [5, 5.41) is 3.39. The van der Waals surface area contributed by atoms with E-state index in [0.29, 0.717) is 25.6 Å². The minimum Gasteiger partial charge on any atom is -0.469 e. The van der Waals surface area contributed by atoms with E-state index in [1.54, 1.807) is 6.26 Å². The summed E-state index contributed by atoms with van der Waals surface area (Å²) in [6.45, 7) is 2.94. The van der Waals surface area contributed by atoms with Crippen molar-refractivity contribution in [3.63, 3.8) is 0 Å². The van der Waals surface area contributed by atoms with Crippen molar-refractivity contribution in [3.05, 3.63) is 23.7 Å². The van der Waals surface area contributed by atoms with Crippen LogP contribution in [0.5, 0.6) is 0 Å². The van der Waals surface area contributed by atoms with Gasteiger partial charge >= 0.3 is 5.97 Å². The highest BCUT2D eigenvalue weighted by Crippen LogP contribution is 2.30. The third-order valence-corrected chi connectivity index (χ3v) is 3.08. The van der Waals surface area contributed by atoms with E-state index < -0.39 is 0 Å². The molecule has 0 bridgehead atoms. The molecule has 4 heteroatoms. The molecule has 0 aliphatic heterocycles. The van der Waals surface area contributed by atoms with Crippen molar-refractivity contribution < 1.29 is 13.9 Å². The van der Waals surface area contributed by atoms with Crippen LogP contribution < -0.4 is 5.32 Å². The molecule has 0 amide bonds.